The van der Waals surface area contributed by atoms with Gasteiger partial charge in [0.05, 0.1) is 52.4 Å². The van der Waals surface area contributed by atoms with Crippen molar-refractivity contribution < 1.29 is 27.8 Å². The number of phosphoric ester groups is 1. The van der Waals surface area contributed by atoms with Gasteiger partial charge in [0.2, 0.25) is 0 Å². The zero-order valence-corrected chi connectivity index (χ0v) is 32.2. The van der Waals surface area contributed by atoms with E-state index in [-0.39, 0.29) is 5.75 Å². The van der Waals surface area contributed by atoms with Crippen LogP contribution in [0.4, 0.5) is 0 Å². The van der Waals surface area contributed by atoms with Crippen LogP contribution < -0.4 is 14.3 Å². The van der Waals surface area contributed by atoms with Crippen LogP contribution in [0.5, 0.6) is 5.75 Å². The molecule has 0 amide bonds. The zero-order valence-electron chi connectivity index (χ0n) is 31.3. The van der Waals surface area contributed by atoms with Gasteiger partial charge in [-0.3, -0.25) is 0 Å². The van der Waals surface area contributed by atoms with Gasteiger partial charge in [-0.05, 0) is 63.5 Å². The molecule has 0 saturated heterocycles. The quantitative estimate of drug-likeness (QED) is 0.0564. The summed E-state index contributed by atoms with van der Waals surface area (Å²) in [6.07, 6.45) is 22.1. The Bertz CT molecular complexity index is 676. The van der Waals surface area contributed by atoms with Gasteiger partial charge in [-0.15, -0.1) is 0 Å². The van der Waals surface area contributed by atoms with Crippen molar-refractivity contribution in [2.45, 2.75) is 158 Å². The number of hydrogen-bond donors (Lipinski definition) is 0. The molecular formula is C38H77N2O4P. The zero-order chi connectivity index (χ0) is 34.3. The van der Waals surface area contributed by atoms with Crippen LogP contribution in [-0.4, -0.2) is 61.3 Å². The Hall–Kier alpha value is -0.910. The summed E-state index contributed by atoms with van der Waals surface area (Å²) in [5, 5.41) is 0. The molecule has 0 atom stereocenters. The monoisotopic (exact) mass is 659 g/mol. The van der Waals surface area contributed by atoms with E-state index in [1.807, 2.05) is 0 Å². The minimum absolute atomic E-state index is 0.0424. The highest BCUT2D eigenvalue weighted by Crippen LogP contribution is 2.28. The van der Waals surface area contributed by atoms with E-state index in [1.54, 1.807) is 18.2 Å². The summed E-state index contributed by atoms with van der Waals surface area (Å²) in [7, 11) is -4.89. The van der Waals surface area contributed by atoms with Crippen LogP contribution in [0, 0.1) is 0 Å². The van der Waals surface area contributed by atoms with Crippen LogP contribution >= 0.6 is 7.82 Å². The van der Waals surface area contributed by atoms with Gasteiger partial charge in [0.25, 0.3) is 0 Å². The fourth-order valence-electron chi connectivity index (χ4n) is 5.90. The lowest BCUT2D eigenvalue weighted by Crippen LogP contribution is -2.50. The molecule has 1 rings (SSSR count). The maximum atomic E-state index is 10.1. The molecule has 0 saturated carbocycles. The van der Waals surface area contributed by atoms with Gasteiger partial charge in [0.1, 0.15) is 13.6 Å². The summed E-state index contributed by atoms with van der Waals surface area (Å²) in [5.41, 5.74) is 0. The van der Waals surface area contributed by atoms with Gasteiger partial charge in [-0.25, -0.2) is 0 Å². The number of unbranched alkanes of at least 4 members (excludes halogenated alkanes) is 8. The molecule has 0 unspecified atom stereocenters. The Kier molecular flexibility index (Phi) is 31.2. The highest BCUT2D eigenvalue weighted by Gasteiger charge is 2.25. The second-order valence-electron chi connectivity index (χ2n) is 13.2. The van der Waals surface area contributed by atoms with Crippen LogP contribution in [0.3, 0.4) is 0 Å². The van der Waals surface area contributed by atoms with Crippen molar-refractivity contribution in [3.8, 4) is 5.75 Å². The van der Waals surface area contributed by atoms with Crippen molar-refractivity contribution in [2.24, 2.45) is 0 Å². The first-order chi connectivity index (χ1) is 21.6. The Morgan fingerprint density at radius 2 is 0.689 bits per heavy atom. The lowest BCUT2D eigenvalue weighted by molar-refractivity contribution is -0.929. The number of benzene rings is 1. The average Bonchev–Trinajstić information content (AvgIpc) is 3.03. The first-order valence-corrected chi connectivity index (χ1v) is 20.5. The summed E-state index contributed by atoms with van der Waals surface area (Å²) in [6.45, 7) is 30.0. The fraction of sp³-hybridized carbons (Fsp3) is 0.842. The molecule has 0 bridgehead atoms. The van der Waals surface area contributed by atoms with Gasteiger partial charge in [-0.2, -0.15) is 0 Å². The highest BCUT2D eigenvalue weighted by atomic mass is 31.2. The summed E-state index contributed by atoms with van der Waals surface area (Å²) in [4.78, 5) is 20.1. The lowest BCUT2D eigenvalue weighted by Gasteiger charge is -2.39. The van der Waals surface area contributed by atoms with Crippen molar-refractivity contribution >= 4 is 7.82 Å². The van der Waals surface area contributed by atoms with Crippen LogP contribution in [0.25, 0.3) is 0 Å². The number of hydrogen-bond acceptors (Lipinski definition) is 4. The summed E-state index contributed by atoms with van der Waals surface area (Å²) in [6, 6.07) is 7.62. The molecule has 0 aliphatic rings. The Morgan fingerprint density at radius 3 is 0.867 bits per heavy atom. The van der Waals surface area contributed by atoms with Crippen molar-refractivity contribution in [3.63, 3.8) is 0 Å². The van der Waals surface area contributed by atoms with Gasteiger partial charge in [0.15, 0.2) is 0 Å². The van der Waals surface area contributed by atoms with E-state index in [2.05, 4.69) is 59.9 Å². The van der Waals surface area contributed by atoms with E-state index < -0.39 is 7.82 Å². The van der Waals surface area contributed by atoms with E-state index in [0.717, 1.165) is 0 Å². The van der Waals surface area contributed by atoms with E-state index in [1.165, 1.54) is 176 Å². The highest BCUT2D eigenvalue weighted by molar-refractivity contribution is 7.43. The SMILES string of the molecule is CCCC[N+](CCCC)(CCCC)CCCC.CCCC[N+](CCCC)(CCCC)CCCC.O=P([O-])([O-])[18O]c1ccccc1. The van der Waals surface area contributed by atoms with Crippen molar-refractivity contribution in [1.82, 2.24) is 0 Å². The van der Waals surface area contributed by atoms with Crippen LogP contribution in [0.2, 0.25) is 0 Å². The third-order valence-corrected chi connectivity index (χ3v) is 9.28. The topological polar surface area (TPSA) is 72.4 Å². The van der Waals surface area contributed by atoms with E-state index in [4.69, 9.17) is 0 Å². The minimum Gasteiger partial charge on any atom is -0.780 e. The Balaban J connectivity index is 0. The Labute approximate surface area is 281 Å². The molecule has 1 aromatic rings. The van der Waals surface area contributed by atoms with Gasteiger partial charge in [0, 0.05) is 0 Å². The molecule has 0 fully saturated rings. The largest absolute Gasteiger partial charge is 0.780 e. The molecule has 1 aromatic carbocycles. The predicted octanol–water partition coefficient (Wildman–Crippen LogP) is 9.90. The summed E-state index contributed by atoms with van der Waals surface area (Å²) >= 11 is 0. The van der Waals surface area contributed by atoms with Crippen LogP contribution in [-0.2, 0) is 4.57 Å². The molecule has 45 heavy (non-hydrogen) atoms. The maximum absolute atomic E-state index is 10.1. The summed E-state index contributed by atoms with van der Waals surface area (Å²) < 4.78 is 16.9. The van der Waals surface area contributed by atoms with E-state index in [9.17, 15) is 14.4 Å². The standard InChI is InChI=1S/2C16H36N.C6H7O4P/c2*1-5-9-13-17(14-10-6-2,15-11-7-3)16-12-8-4;7-11(8,9)10-6-4-2-1-3-5-6/h2*5-16H2,1-4H3;1-5H,(H2,7,8,9)/q2*+1;/p-2/i;;10+2. The minimum atomic E-state index is -4.89. The maximum Gasteiger partial charge on any atom is 0.124 e. The van der Waals surface area contributed by atoms with Crippen molar-refractivity contribution in [1.29, 1.82) is 0 Å². The molecule has 0 aromatic heterocycles. The molecule has 6 nitrogen and oxygen atoms in total. The fourth-order valence-corrected chi connectivity index (χ4v) is 6.28. The molecule has 0 N–H and O–H groups in total. The third-order valence-electron chi connectivity index (χ3n) is 8.85. The second-order valence-corrected chi connectivity index (χ2v) is 14.2. The molecular weight excluding hydrogens is 581 g/mol. The third kappa shape index (κ3) is 26.8. The normalized spacial score (nSPS) is 11.8. The van der Waals surface area contributed by atoms with Gasteiger partial charge >= 0.3 is 0 Å². The number of rotatable bonds is 26. The molecule has 0 heterocycles. The Morgan fingerprint density at radius 1 is 0.467 bits per heavy atom. The van der Waals surface area contributed by atoms with E-state index in [0.29, 0.717) is 0 Å². The number of phosphoric acid groups is 1. The number of quaternary nitrogens is 2. The van der Waals surface area contributed by atoms with Crippen molar-refractivity contribution in [3.05, 3.63) is 30.3 Å². The molecule has 0 spiro atoms. The molecule has 0 aliphatic heterocycles. The first-order valence-electron chi connectivity index (χ1n) is 19.0. The second kappa shape index (κ2) is 30.4. The molecule has 0 aliphatic carbocycles. The molecule has 0 radical (unpaired) electrons. The average molecular weight is 659 g/mol. The van der Waals surface area contributed by atoms with Crippen LogP contribution in [0.15, 0.2) is 30.3 Å². The van der Waals surface area contributed by atoms with E-state index >= 15 is 0 Å². The predicted molar refractivity (Wildman–Crippen MR) is 193 cm³/mol. The van der Waals surface area contributed by atoms with Gasteiger partial charge in [-0.1, -0.05) is 125 Å². The molecule has 7 heteroatoms. The van der Waals surface area contributed by atoms with Crippen LogP contribution in [0.1, 0.15) is 158 Å². The first kappa shape index (κ1) is 46.2. The number of para-hydroxylation sites is 1. The number of nitrogens with zero attached hydrogens (tertiary/aromatic N) is 2. The smallest absolute Gasteiger partial charge is 0.124 e. The van der Waals surface area contributed by atoms with Crippen molar-refractivity contribution in [2.75, 3.05) is 52.4 Å². The summed E-state index contributed by atoms with van der Waals surface area (Å²) in [5.74, 6) is 0.0424. The van der Waals surface area contributed by atoms with Gasteiger partial charge < -0.3 is 27.8 Å². The lowest BCUT2D eigenvalue weighted by atomic mass is 10.1. The molecule has 268 valence electrons.